The van der Waals surface area contributed by atoms with E-state index in [1.807, 2.05) is 66.7 Å². The maximum atomic E-state index is 12.0. The highest BCUT2D eigenvalue weighted by Gasteiger charge is 2.23. The van der Waals surface area contributed by atoms with Crippen LogP contribution >= 0.6 is 11.6 Å². The summed E-state index contributed by atoms with van der Waals surface area (Å²) in [6.07, 6.45) is -1.01. The van der Waals surface area contributed by atoms with Gasteiger partial charge in [0, 0.05) is 22.4 Å². The Morgan fingerprint density at radius 1 is 0.867 bits per heavy atom. The zero-order valence-corrected chi connectivity index (χ0v) is 16.8. The standard InChI is InChI=1S/C25H19ClO4/c26-19-13-14-22(29-20-9-2-1-3-10-20)18(15-19)16-24(25(27)28)30-23-12-6-8-17-7-4-5-11-21(17)23/h1-15,24H,16H2,(H,27,28). The average molecular weight is 419 g/mol. The molecule has 0 aliphatic rings. The SMILES string of the molecule is O=C(O)C(Cc1cc(Cl)ccc1Oc1ccccc1)Oc1cccc2ccccc12. The van der Waals surface area contributed by atoms with E-state index in [0.717, 1.165) is 10.8 Å². The molecule has 30 heavy (non-hydrogen) atoms. The van der Waals surface area contributed by atoms with Gasteiger partial charge in [-0.1, -0.05) is 66.2 Å². The summed E-state index contributed by atoms with van der Waals surface area (Å²) in [5.41, 5.74) is 0.652. The van der Waals surface area contributed by atoms with Gasteiger partial charge in [-0.2, -0.15) is 0 Å². The van der Waals surface area contributed by atoms with Crippen LogP contribution in [0.1, 0.15) is 5.56 Å². The minimum absolute atomic E-state index is 0.0985. The van der Waals surface area contributed by atoms with Gasteiger partial charge >= 0.3 is 5.97 Å². The molecular formula is C25H19ClO4. The molecule has 150 valence electrons. The highest BCUT2D eigenvalue weighted by atomic mass is 35.5. The summed E-state index contributed by atoms with van der Waals surface area (Å²) in [7, 11) is 0. The number of halogens is 1. The second kappa shape index (κ2) is 8.89. The zero-order valence-electron chi connectivity index (χ0n) is 16.0. The van der Waals surface area contributed by atoms with Crippen molar-refractivity contribution in [2.24, 2.45) is 0 Å². The van der Waals surface area contributed by atoms with E-state index in [-0.39, 0.29) is 6.42 Å². The minimum Gasteiger partial charge on any atom is -0.478 e. The Balaban J connectivity index is 1.63. The van der Waals surface area contributed by atoms with Crippen molar-refractivity contribution >= 4 is 28.3 Å². The van der Waals surface area contributed by atoms with E-state index in [1.54, 1.807) is 24.3 Å². The van der Waals surface area contributed by atoms with Crippen molar-refractivity contribution < 1.29 is 19.4 Å². The Bertz CT molecular complexity index is 1170. The first-order valence-electron chi connectivity index (χ1n) is 9.49. The van der Waals surface area contributed by atoms with Crippen molar-refractivity contribution in [1.82, 2.24) is 0 Å². The summed E-state index contributed by atoms with van der Waals surface area (Å²) in [5.74, 6) is 0.655. The van der Waals surface area contributed by atoms with Crippen LogP contribution in [-0.2, 0) is 11.2 Å². The van der Waals surface area contributed by atoms with E-state index >= 15 is 0 Å². The molecule has 0 amide bonds. The van der Waals surface area contributed by atoms with Crippen molar-refractivity contribution in [3.63, 3.8) is 0 Å². The van der Waals surface area contributed by atoms with E-state index in [4.69, 9.17) is 21.1 Å². The molecule has 0 fully saturated rings. The predicted octanol–water partition coefficient (Wildman–Crippen LogP) is 6.36. The maximum absolute atomic E-state index is 12.0. The first kappa shape index (κ1) is 19.8. The van der Waals surface area contributed by atoms with Crippen LogP contribution in [0.25, 0.3) is 10.8 Å². The first-order chi connectivity index (χ1) is 14.6. The third kappa shape index (κ3) is 4.56. The molecule has 0 aliphatic heterocycles. The van der Waals surface area contributed by atoms with Gasteiger partial charge in [-0.25, -0.2) is 4.79 Å². The lowest BCUT2D eigenvalue weighted by Crippen LogP contribution is -2.29. The van der Waals surface area contributed by atoms with E-state index in [9.17, 15) is 9.90 Å². The van der Waals surface area contributed by atoms with Gasteiger partial charge in [0.15, 0.2) is 6.10 Å². The molecule has 4 aromatic rings. The van der Waals surface area contributed by atoms with Crippen LogP contribution in [0.15, 0.2) is 91.0 Å². The Morgan fingerprint density at radius 3 is 2.40 bits per heavy atom. The minimum atomic E-state index is -1.10. The van der Waals surface area contributed by atoms with Crippen LogP contribution < -0.4 is 9.47 Å². The smallest absolute Gasteiger partial charge is 0.345 e. The molecule has 4 aromatic carbocycles. The van der Waals surface area contributed by atoms with Gasteiger partial charge in [0.1, 0.15) is 17.2 Å². The molecule has 0 bridgehead atoms. The molecule has 4 nitrogen and oxygen atoms in total. The second-order valence-corrected chi connectivity index (χ2v) is 7.23. The fraction of sp³-hybridized carbons (Fsp3) is 0.0800. The largest absolute Gasteiger partial charge is 0.478 e. The quantitative estimate of drug-likeness (QED) is 0.379. The molecular weight excluding hydrogens is 400 g/mol. The number of hydrogen-bond acceptors (Lipinski definition) is 3. The van der Waals surface area contributed by atoms with Gasteiger partial charge in [0.05, 0.1) is 0 Å². The molecule has 0 radical (unpaired) electrons. The van der Waals surface area contributed by atoms with Crippen LogP contribution in [0.4, 0.5) is 0 Å². The number of rotatable bonds is 7. The molecule has 0 aromatic heterocycles. The summed E-state index contributed by atoms with van der Waals surface area (Å²) in [5, 5.41) is 12.2. The molecule has 0 saturated carbocycles. The highest BCUT2D eigenvalue weighted by Crippen LogP contribution is 2.31. The molecule has 0 aliphatic carbocycles. The summed E-state index contributed by atoms with van der Waals surface area (Å²) in [6, 6.07) is 27.7. The van der Waals surface area contributed by atoms with Gasteiger partial charge in [-0.3, -0.25) is 0 Å². The van der Waals surface area contributed by atoms with Gasteiger partial charge in [0.2, 0.25) is 0 Å². The zero-order chi connectivity index (χ0) is 20.9. The van der Waals surface area contributed by atoms with Crippen molar-refractivity contribution in [2.45, 2.75) is 12.5 Å². The van der Waals surface area contributed by atoms with Gasteiger partial charge in [-0.15, -0.1) is 0 Å². The third-order valence-electron chi connectivity index (χ3n) is 4.69. The van der Waals surface area contributed by atoms with Crippen molar-refractivity contribution in [3.8, 4) is 17.2 Å². The number of fused-ring (bicyclic) bond motifs is 1. The Morgan fingerprint density at radius 2 is 1.60 bits per heavy atom. The number of carboxylic acids is 1. The topological polar surface area (TPSA) is 55.8 Å². The van der Waals surface area contributed by atoms with E-state index in [0.29, 0.717) is 27.8 Å². The lowest BCUT2D eigenvalue weighted by Gasteiger charge is -2.19. The molecule has 4 rings (SSSR count). The lowest BCUT2D eigenvalue weighted by atomic mass is 10.1. The van der Waals surface area contributed by atoms with Gasteiger partial charge < -0.3 is 14.6 Å². The monoisotopic (exact) mass is 418 g/mol. The number of ether oxygens (including phenoxy) is 2. The number of aliphatic carboxylic acids is 1. The lowest BCUT2D eigenvalue weighted by molar-refractivity contribution is -0.144. The number of carboxylic acid groups (broad SMARTS) is 1. The Labute approximate surface area is 179 Å². The average Bonchev–Trinajstić information content (AvgIpc) is 2.76. The highest BCUT2D eigenvalue weighted by molar-refractivity contribution is 6.30. The summed E-state index contributed by atoms with van der Waals surface area (Å²) in [6.45, 7) is 0. The van der Waals surface area contributed by atoms with Crippen molar-refractivity contribution in [2.75, 3.05) is 0 Å². The fourth-order valence-electron chi connectivity index (χ4n) is 3.25. The van der Waals surface area contributed by atoms with Crippen LogP contribution in [0.5, 0.6) is 17.2 Å². The normalized spacial score (nSPS) is 11.8. The van der Waals surface area contributed by atoms with Crippen LogP contribution in [0.3, 0.4) is 0 Å². The molecule has 0 heterocycles. The van der Waals surface area contributed by atoms with Crippen molar-refractivity contribution in [3.05, 3.63) is 102 Å². The third-order valence-corrected chi connectivity index (χ3v) is 4.93. The molecule has 1 unspecified atom stereocenters. The molecule has 0 saturated heterocycles. The molecule has 1 N–H and O–H groups in total. The molecule has 1 atom stereocenters. The van der Waals surface area contributed by atoms with E-state index < -0.39 is 12.1 Å². The Kier molecular flexibility index (Phi) is 5.87. The summed E-state index contributed by atoms with van der Waals surface area (Å²) < 4.78 is 11.9. The first-order valence-corrected chi connectivity index (χ1v) is 9.86. The number of benzene rings is 4. The predicted molar refractivity (Wildman–Crippen MR) is 118 cm³/mol. The van der Waals surface area contributed by atoms with Crippen LogP contribution in [0, 0.1) is 0 Å². The number of carbonyl (C=O) groups is 1. The summed E-state index contributed by atoms with van der Waals surface area (Å²) >= 11 is 6.18. The van der Waals surface area contributed by atoms with Gasteiger partial charge in [0.25, 0.3) is 0 Å². The molecule has 0 spiro atoms. The molecule has 5 heteroatoms. The van der Waals surface area contributed by atoms with Crippen LogP contribution in [0.2, 0.25) is 5.02 Å². The maximum Gasteiger partial charge on any atom is 0.345 e. The Hall–Kier alpha value is -3.50. The summed E-state index contributed by atoms with van der Waals surface area (Å²) in [4.78, 5) is 12.0. The van der Waals surface area contributed by atoms with Crippen molar-refractivity contribution in [1.29, 1.82) is 0 Å². The number of hydrogen-bond donors (Lipinski definition) is 1. The van der Waals surface area contributed by atoms with Crippen LogP contribution in [-0.4, -0.2) is 17.2 Å². The van der Waals surface area contributed by atoms with E-state index in [2.05, 4.69) is 0 Å². The van der Waals surface area contributed by atoms with Gasteiger partial charge in [-0.05, 0) is 41.8 Å². The fourth-order valence-corrected chi connectivity index (χ4v) is 3.45. The van der Waals surface area contributed by atoms with E-state index in [1.165, 1.54) is 0 Å². The second-order valence-electron chi connectivity index (χ2n) is 6.79. The number of para-hydroxylation sites is 1.